The number of carbonyl (C=O) groups is 1. The number of ether oxygens (including phenoxy) is 1. The van der Waals surface area contributed by atoms with Gasteiger partial charge < -0.3 is 15.0 Å². The molecular weight excluding hydrogens is 439 g/mol. The highest BCUT2D eigenvalue weighted by molar-refractivity contribution is 7.11. The lowest BCUT2D eigenvalue weighted by Gasteiger charge is -2.35. The van der Waals surface area contributed by atoms with Gasteiger partial charge in [0.1, 0.15) is 5.75 Å². The highest BCUT2D eigenvalue weighted by Gasteiger charge is 2.34. The molecule has 5 nitrogen and oxygen atoms in total. The summed E-state index contributed by atoms with van der Waals surface area (Å²) in [4.78, 5) is 19.5. The zero-order valence-corrected chi connectivity index (χ0v) is 17.5. The van der Waals surface area contributed by atoms with Crippen molar-refractivity contribution in [3.63, 3.8) is 0 Å². The van der Waals surface area contributed by atoms with Gasteiger partial charge in [0.05, 0.1) is 17.4 Å². The fraction of sp³-hybridized carbons (Fsp3) is 0.217. The predicted molar refractivity (Wildman–Crippen MR) is 116 cm³/mol. The molecule has 164 valence electrons. The van der Waals surface area contributed by atoms with Crippen molar-refractivity contribution in [2.24, 2.45) is 0 Å². The number of amides is 1. The van der Waals surface area contributed by atoms with Gasteiger partial charge in [-0.1, -0.05) is 12.1 Å². The van der Waals surface area contributed by atoms with E-state index in [1.807, 2.05) is 18.2 Å². The maximum atomic E-state index is 12.7. The van der Waals surface area contributed by atoms with Gasteiger partial charge in [0.25, 0.3) is 5.91 Å². The molecular formula is C23H18F3N3O2S. The summed E-state index contributed by atoms with van der Waals surface area (Å²) in [6, 6.07) is 11.0. The van der Waals surface area contributed by atoms with Crippen molar-refractivity contribution in [1.29, 1.82) is 0 Å². The van der Waals surface area contributed by atoms with Gasteiger partial charge in [-0.05, 0) is 54.7 Å². The Bertz CT molecular complexity index is 1240. The molecule has 1 fully saturated rings. The van der Waals surface area contributed by atoms with Crippen LogP contribution in [0.3, 0.4) is 0 Å². The first-order valence-electron chi connectivity index (χ1n) is 10.0. The van der Waals surface area contributed by atoms with Crippen LogP contribution in [0, 0.1) is 0 Å². The molecule has 0 saturated heterocycles. The summed E-state index contributed by atoms with van der Waals surface area (Å²) in [5.41, 5.74) is 1.77. The number of nitrogens with zero attached hydrogens (tertiary/aromatic N) is 1. The van der Waals surface area contributed by atoms with Gasteiger partial charge in [-0.15, -0.1) is 11.3 Å². The third-order valence-electron chi connectivity index (χ3n) is 5.63. The van der Waals surface area contributed by atoms with Crippen LogP contribution in [-0.2, 0) is 6.18 Å². The van der Waals surface area contributed by atoms with Crippen LogP contribution in [0.25, 0.3) is 10.9 Å². The molecule has 1 amide bonds. The lowest BCUT2D eigenvalue weighted by Crippen LogP contribution is -2.32. The average molecular weight is 457 g/mol. The second-order valence-corrected chi connectivity index (χ2v) is 8.62. The molecule has 2 aromatic heterocycles. The van der Waals surface area contributed by atoms with Crippen molar-refractivity contribution < 1.29 is 22.7 Å². The summed E-state index contributed by atoms with van der Waals surface area (Å²) in [5, 5.41) is 5.81. The van der Waals surface area contributed by atoms with Crippen molar-refractivity contribution in [3.05, 3.63) is 76.4 Å². The number of anilines is 1. The van der Waals surface area contributed by atoms with E-state index in [1.165, 1.54) is 11.3 Å². The van der Waals surface area contributed by atoms with E-state index in [2.05, 4.69) is 15.3 Å². The summed E-state index contributed by atoms with van der Waals surface area (Å²) in [7, 11) is 0. The van der Waals surface area contributed by atoms with E-state index in [-0.39, 0.29) is 17.9 Å². The summed E-state index contributed by atoms with van der Waals surface area (Å²) < 4.78 is 44.3. The maximum Gasteiger partial charge on any atom is 0.416 e. The highest BCUT2D eigenvalue weighted by atomic mass is 32.1. The molecule has 2 N–H and O–H groups in total. The molecule has 2 aromatic carbocycles. The van der Waals surface area contributed by atoms with Crippen molar-refractivity contribution in [1.82, 2.24) is 9.97 Å². The van der Waals surface area contributed by atoms with E-state index in [1.54, 1.807) is 29.9 Å². The summed E-state index contributed by atoms with van der Waals surface area (Å²) in [5.74, 6) is 0.592. The molecule has 0 aliphatic heterocycles. The number of fused-ring (bicyclic) bond motifs is 1. The van der Waals surface area contributed by atoms with Crippen LogP contribution in [0.1, 0.15) is 39.7 Å². The number of nitrogens with one attached hydrogen (secondary N) is 2. The zero-order valence-electron chi connectivity index (χ0n) is 16.6. The minimum absolute atomic E-state index is 0.00737. The van der Waals surface area contributed by atoms with Crippen molar-refractivity contribution >= 4 is 33.8 Å². The van der Waals surface area contributed by atoms with Gasteiger partial charge in [-0.3, -0.25) is 4.79 Å². The molecule has 1 aliphatic rings. The van der Waals surface area contributed by atoms with Crippen LogP contribution in [-0.4, -0.2) is 22.0 Å². The van der Waals surface area contributed by atoms with Crippen molar-refractivity contribution in [2.45, 2.75) is 31.0 Å². The Morgan fingerprint density at radius 2 is 1.94 bits per heavy atom. The molecule has 0 bridgehead atoms. The number of thiazole rings is 1. The van der Waals surface area contributed by atoms with Crippen LogP contribution in [0.15, 0.2) is 60.2 Å². The second-order valence-electron chi connectivity index (χ2n) is 7.73. The first-order chi connectivity index (χ1) is 15.4. The lowest BCUT2D eigenvalue weighted by atomic mass is 9.77. The van der Waals surface area contributed by atoms with E-state index in [9.17, 15) is 18.0 Å². The number of hydrogen-bond acceptors (Lipinski definition) is 4. The largest absolute Gasteiger partial charge is 0.490 e. The Balaban J connectivity index is 1.23. The summed E-state index contributed by atoms with van der Waals surface area (Å²) in [6.45, 7) is 0. The number of benzene rings is 2. The lowest BCUT2D eigenvalue weighted by molar-refractivity contribution is -0.137. The number of aromatic amines is 1. The number of alkyl halides is 3. The van der Waals surface area contributed by atoms with Crippen LogP contribution < -0.4 is 10.1 Å². The van der Waals surface area contributed by atoms with Gasteiger partial charge in [-0.25, -0.2) is 4.98 Å². The molecule has 32 heavy (non-hydrogen) atoms. The monoisotopic (exact) mass is 457 g/mol. The second kappa shape index (κ2) is 7.98. The predicted octanol–water partition coefficient (Wildman–Crippen LogP) is 6.22. The molecule has 1 aliphatic carbocycles. The topological polar surface area (TPSA) is 67.0 Å². The van der Waals surface area contributed by atoms with E-state index in [0.29, 0.717) is 16.4 Å². The molecule has 9 heteroatoms. The fourth-order valence-electron chi connectivity index (χ4n) is 3.86. The minimum Gasteiger partial charge on any atom is -0.490 e. The van der Waals surface area contributed by atoms with Crippen molar-refractivity contribution in [2.75, 3.05) is 5.32 Å². The van der Waals surface area contributed by atoms with Crippen LogP contribution in [0.2, 0.25) is 0 Å². The molecule has 0 atom stereocenters. The molecule has 0 radical (unpaired) electrons. The number of H-pyrrole nitrogens is 1. The smallest absolute Gasteiger partial charge is 0.416 e. The Morgan fingerprint density at radius 3 is 2.62 bits per heavy atom. The number of aromatic nitrogens is 2. The number of carbonyl (C=O) groups excluding carboxylic acids is 1. The van der Waals surface area contributed by atoms with Gasteiger partial charge in [0.15, 0.2) is 5.01 Å². The molecule has 4 aromatic rings. The Kier molecular flexibility index (Phi) is 5.13. The van der Waals surface area contributed by atoms with Gasteiger partial charge in [0, 0.05) is 28.7 Å². The van der Waals surface area contributed by atoms with Gasteiger partial charge in [0.2, 0.25) is 0 Å². The van der Waals surface area contributed by atoms with E-state index < -0.39 is 11.7 Å². The van der Waals surface area contributed by atoms with E-state index >= 15 is 0 Å². The minimum atomic E-state index is -4.32. The summed E-state index contributed by atoms with van der Waals surface area (Å²) >= 11 is 1.27. The number of rotatable bonds is 5. The highest BCUT2D eigenvalue weighted by Crippen LogP contribution is 2.41. The molecule has 1 saturated carbocycles. The Labute approximate surface area is 185 Å². The molecule has 5 rings (SSSR count). The fourth-order valence-corrected chi connectivity index (χ4v) is 4.39. The quantitative estimate of drug-likeness (QED) is 0.374. The van der Waals surface area contributed by atoms with Crippen LogP contribution in [0.5, 0.6) is 5.75 Å². The first-order valence-corrected chi connectivity index (χ1v) is 10.9. The molecule has 2 heterocycles. The third kappa shape index (κ3) is 4.08. The summed E-state index contributed by atoms with van der Waals surface area (Å²) in [6.07, 6.45) is 0.460. The standard InChI is InChI=1S/C23H18F3N3O2S/c24-23(25,26)15-3-1-13(2-4-15)14-9-17(10-14)31-16-5-6-19-18(11-16)20(12-28-19)29-21(30)22-27-7-8-32-22/h1-8,11-12,14,17,28H,9-10H2,(H,29,30)/t14-,17-. The van der Waals surface area contributed by atoms with E-state index in [0.717, 1.165) is 41.4 Å². The van der Waals surface area contributed by atoms with Gasteiger partial charge in [-0.2, -0.15) is 13.2 Å². The van der Waals surface area contributed by atoms with Gasteiger partial charge >= 0.3 is 6.18 Å². The third-order valence-corrected chi connectivity index (χ3v) is 6.41. The number of halogens is 3. The average Bonchev–Trinajstić information content (AvgIpc) is 3.40. The van der Waals surface area contributed by atoms with E-state index in [4.69, 9.17) is 4.74 Å². The Morgan fingerprint density at radius 1 is 1.16 bits per heavy atom. The molecule has 0 unspecified atom stereocenters. The van der Waals surface area contributed by atoms with Crippen molar-refractivity contribution in [3.8, 4) is 5.75 Å². The normalized spacial score (nSPS) is 18.3. The zero-order chi connectivity index (χ0) is 22.3. The maximum absolute atomic E-state index is 12.7. The Hall–Kier alpha value is -3.33. The van der Waals surface area contributed by atoms with Crippen LogP contribution in [0.4, 0.5) is 18.9 Å². The van der Waals surface area contributed by atoms with Crippen LogP contribution >= 0.6 is 11.3 Å². The number of hydrogen-bond donors (Lipinski definition) is 2. The SMILES string of the molecule is O=C(Nc1c[nH]c2ccc(O[C@H]3C[C@H](c4ccc(C(F)(F)F)cc4)C3)cc12)c1nccs1. The molecule has 0 spiro atoms. The first kappa shape index (κ1) is 20.6.